The molecule has 0 aliphatic heterocycles. The summed E-state index contributed by atoms with van der Waals surface area (Å²) in [5, 5.41) is 0. The van der Waals surface area contributed by atoms with Gasteiger partial charge in [0, 0.05) is 13.0 Å². The van der Waals surface area contributed by atoms with Crippen LogP contribution in [0.3, 0.4) is 0 Å². The number of rotatable bonds is 6. The smallest absolute Gasteiger partial charge is 0.374 e. The Labute approximate surface area is 149 Å². The molecule has 0 bridgehead atoms. The van der Waals surface area contributed by atoms with Crippen LogP contribution in [0, 0.1) is 69.6 Å². The van der Waals surface area contributed by atoms with Crippen LogP contribution in [0.15, 0.2) is 12.2 Å². The summed E-state index contributed by atoms with van der Waals surface area (Å²) in [5.74, 6) is 2.02. The minimum absolute atomic E-state index is 0. The van der Waals surface area contributed by atoms with Gasteiger partial charge in [-0.3, -0.25) is 0 Å². The van der Waals surface area contributed by atoms with Gasteiger partial charge >= 0.3 is 17.1 Å². The predicted octanol–water partition coefficient (Wildman–Crippen LogP) is 4.56. The van der Waals surface area contributed by atoms with Crippen molar-refractivity contribution in [3.63, 3.8) is 0 Å². The zero-order valence-corrected chi connectivity index (χ0v) is 14.6. The fourth-order valence-corrected chi connectivity index (χ4v) is 2.70. The van der Waals surface area contributed by atoms with Gasteiger partial charge in [0.25, 0.3) is 0 Å². The van der Waals surface area contributed by atoms with E-state index in [0.29, 0.717) is 0 Å². The second-order valence-electron chi connectivity index (χ2n) is 5.72. The van der Waals surface area contributed by atoms with E-state index in [4.69, 9.17) is 4.74 Å². The number of hydrogen-bond acceptors (Lipinski definition) is 1. The van der Waals surface area contributed by atoms with Crippen LogP contribution in [-0.2, 0) is 21.8 Å². The largest absolute Gasteiger partial charge is 2.00 e. The fourth-order valence-electron chi connectivity index (χ4n) is 2.70. The molecule has 0 aromatic rings. The van der Waals surface area contributed by atoms with Gasteiger partial charge in [0.2, 0.25) is 0 Å². The fraction of sp³-hybridized carbons (Fsp3) is 0.400. The molecule has 3 rings (SSSR count). The molecule has 2 heteroatoms. The molecular formula is C20H26FeO+2. The summed E-state index contributed by atoms with van der Waals surface area (Å²) < 4.78 is 5.67. The van der Waals surface area contributed by atoms with Crippen molar-refractivity contribution in [2.45, 2.75) is 38.2 Å². The van der Waals surface area contributed by atoms with Crippen molar-refractivity contribution in [1.82, 2.24) is 0 Å². The maximum atomic E-state index is 5.67. The first-order valence-corrected chi connectivity index (χ1v) is 7.93. The number of methoxy groups -OCH3 is 1. The Morgan fingerprint density at radius 2 is 1.68 bits per heavy atom. The normalized spacial score (nSPS) is 30.9. The van der Waals surface area contributed by atoms with Gasteiger partial charge in [-0.2, -0.15) is 0 Å². The van der Waals surface area contributed by atoms with E-state index in [-0.39, 0.29) is 22.7 Å². The first-order valence-electron chi connectivity index (χ1n) is 7.93. The minimum atomic E-state index is 0. The average molecular weight is 338 g/mol. The molecule has 3 aliphatic carbocycles. The van der Waals surface area contributed by atoms with E-state index < -0.39 is 0 Å². The predicted molar refractivity (Wildman–Crippen MR) is 88.5 cm³/mol. The number of unbranched alkanes of at least 4 members (excludes halogenated alkanes) is 1. The van der Waals surface area contributed by atoms with Crippen molar-refractivity contribution in [2.24, 2.45) is 5.92 Å². The molecular weight excluding hydrogens is 312 g/mol. The van der Waals surface area contributed by atoms with E-state index in [0.717, 1.165) is 5.92 Å². The van der Waals surface area contributed by atoms with Gasteiger partial charge in [-0.15, -0.1) is 0 Å². The second-order valence-corrected chi connectivity index (χ2v) is 5.72. The van der Waals surface area contributed by atoms with Crippen LogP contribution in [0.2, 0.25) is 0 Å². The molecule has 118 valence electrons. The summed E-state index contributed by atoms with van der Waals surface area (Å²) in [4.78, 5) is 0. The summed E-state index contributed by atoms with van der Waals surface area (Å²) in [5.41, 5.74) is 0.0481. The maximum Gasteiger partial charge on any atom is 2.00 e. The topological polar surface area (TPSA) is 9.23 Å². The van der Waals surface area contributed by atoms with Crippen molar-refractivity contribution in [2.75, 3.05) is 7.11 Å². The van der Waals surface area contributed by atoms with Crippen LogP contribution in [0.5, 0.6) is 0 Å². The molecule has 0 amide bonds. The van der Waals surface area contributed by atoms with Crippen molar-refractivity contribution in [3.05, 3.63) is 75.9 Å². The van der Waals surface area contributed by atoms with Gasteiger partial charge in [-0.1, -0.05) is 31.9 Å². The van der Waals surface area contributed by atoms with Crippen LogP contribution in [0.1, 0.15) is 32.6 Å². The Balaban J connectivity index is 0.000000344. The summed E-state index contributed by atoms with van der Waals surface area (Å²) >= 11 is 0. The third kappa shape index (κ3) is 6.38. The van der Waals surface area contributed by atoms with Crippen molar-refractivity contribution >= 4 is 0 Å². The molecule has 0 heterocycles. The van der Waals surface area contributed by atoms with Gasteiger partial charge in [0.15, 0.2) is 0 Å². The van der Waals surface area contributed by atoms with Crippen LogP contribution < -0.4 is 0 Å². The van der Waals surface area contributed by atoms with Gasteiger partial charge in [-0.25, -0.2) is 0 Å². The summed E-state index contributed by atoms with van der Waals surface area (Å²) in [6.45, 7) is 2.25. The Kier molecular flexibility index (Phi) is 10.0. The average Bonchev–Trinajstić information content (AvgIpc) is 3.00. The Bertz CT molecular complexity index is 297. The molecule has 3 saturated carbocycles. The molecule has 10 radical (unpaired) electrons. The summed E-state index contributed by atoms with van der Waals surface area (Å²) in [7, 11) is 1.83. The van der Waals surface area contributed by atoms with Crippen LogP contribution in [0.25, 0.3) is 0 Å². The van der Waals surface area contributed by atoms with Crippen LogP contribution >= 0.6 is 0 Å². The first kappa shape index (κ1) is 20.3. The summed E-state index contributed by atoms with van der Waals surface area (Å²) in [6.07, 6.45) is 27.9. The van der Waals surface area contributed by atoms with E-state index in [9.17, 15) is 0 Å². The quantitative estimate of drug-likeness (QED) is 0.645. The second kappa shape index (κ2) is 10.9. The molecule has 2 atom stereocenters. The van der Waals surface area contributed by atoms with E-state index >= 15 is 0 Å². The molecule has 3 fully saturated rings. The zero-order valence-electron chi connectivity index (χ0n) is 13.5. The van der Waals surface area contributed by atoms with E-state index in [1.165, 1.54) is 31.6 Å². The molecule has 0 aromatic heterocycles. The van der Waals surface area contributed by atoms with Crippen molar-refractivity contribution in [3.8, 4) is 0 Å². The Morgan fingerprint density at radius 1 is 1.09 bits per heavy atom. The molecule has 1 nitrogen and oxygen atoms in total. The van der Waals surface area contributed by atoms with Gasteiger partial charge < -0.3 is 4.74 Å². The van der Waals surface area contributed by atoms with Crippen LogP contribution in [-0.4, -0.2) is 12.7 Å². The zero-order chi connectivity index (χ0) is 15.0. The third-order valence-electron chi connectivity index (χ3n) is 4.18. The Morgan fingerprint density at radius 3 is 2.18 bits per heavy atom. The number of hydrogen-bond donors (Lipinski definition) is 0. The molecule has 0 aromatic carbocycles. The van der Waals surface area contributed by atoms with Gasteiger partial charge in [0.05, 0.1) is 5.60 Å². The minimum Gasteiger partial charge on any atom is -0.374 e. The van der Waals surface area contributed by atoms with Crippen molar-refractivity contribution < 1.29 is 21.8 Å². The molecule has 0 saturated heterocycles. The van der Waals surface area contributed by atoms with E-state index in [1.54, 1.807) is 0 Å². The monoisotopic (exact) mass is 338 g/mol. The number of allylic oxidation sites excluding steroid dienone is 1. The van der Waals surface area contributed by atoms with Gasteiger partial charge in [-0.05, 0) is 76.5 Å². The summed E-state index contributed by atoms with van der Waals surface area (Å²) in [6, 6.07) is 0. The number of ether oxygens (including phenoxy) is 1. The Hall–Kier alpha value is 0.219. The molecule has 0 unspecified atom stereocenters. The van der Waals surface area contributed by atoms with Crippen molar-refractivity contribution in [1.29, 1.82) is 0 Å². The molecule has 0 N–H and O–H groups in total. The van der Waals surface area contributed by atoms with E-state index in [2.05, 4.69) is 44.8 Å². The molecule has 3 aliphatic rings. The maximum absolute atomic E-state index is 5.67. The van der Waals surface area contributed by atoms with E-state index in [1.807, 2.05) is 39.2 Å². The first-order chi connectivity index (χ1) is 10.3. The standard InChI is InChI=1S/C15H21O.C5H5.Fe/c1-3-4-9-14-12-15(14,16-2)11-10-13-7-5-6-8-13;1-2-4-5-3-1;/h5-8,10-11,14H,3-4,9,12H2,1-2H3;1-5H;/q;;+2/b11-10+;;/t14-,15+;;/m1../s1. The third-order valence-corrected chi connectivity index (χ3v) is 4.18. The molecule has 22 heavy (non-hydrogen) atoms. The molecule has 0 spiro atoms. The van der Waals surface area contributed by atoms with Gasteiger partial charge in [0.1, 0.15) is 0 Å². The van der Waals surface area contributed by atoms with Crippen LogP contribution in [0.4, 0.5) is 0 Å². The SMILES string of the molecule is CCCC[C@@H]1C[C@]1(/C=C/[C]1[CH][CH][CH][CH]1)OC.[CH]1[CH][CH][CH][CH]1.[Fe+2].